The lowest BCUT2D eigenvalue weighted by Crippen LogP contribution is -2.26. The number of para-hydroxylation sites is 4. The van der Waals surface area contributed by atoms with Crippen molar-refractivity contribution in [2.45, 2.75) is 310 Å². The van der Waals surface area contributed by atoms with E-state index in [1.807, 2.05) is 134 Å². The molecule has 0 saturated heterocycles. The van der Waals surface area contributed by atoms with Crippen molar-refractivity contribution in [2.75, 3.05) is 35.9 Å². The summed E-state index contributed by atoms with van der Waals surface area (Å²) in [6, 6.07) is 49.6. The first-order chi connectivity index (χ1) is 58.8. The van der Waals surface area contributed by atoms with Crippen LogP contribution in [0.5, 0.6) is 11.6 Å². The number of aryl methyl sites for hydroxylation is 3. The van der Waals surface area contributed by atoms with Crippen LogP contribution in [0, 0.1) is 5.92 Å². The van der Waals surface area contributed by atoms with Gasteiger partial charge in [0.05, 0.1) is 44.4 Å². The number of ketones is 1. The highest BCUT2D eigenvalue weighted by Gasteiger charge is 2.27. The summed E-state index contributed by atoms with van der Waals surface area (Å²) < 4.78 is 15.1. The average Bonchev–Trinajstić information content (AvgIpc) is 1.66. The Bertz CT molecular complexity index is 5120. The van der Waals surface area contributed by atoms with Gasteiger partial charge in [-0.2, -0.15) is 10.2 Å². The number of nitrogens with two attached hydrogens (primary N) is 1. The lowest BCUT2D eigenvalue weighted by molar-refractivity contribution is -0.117. The third-order valence-corrected chi connectivity index (χ3v) is 19.3. The SMILES string of the molecule is C.CC(C)(C)Nc1ccccc1.CC(C)(C)c1ccc2c(c1)CC(=O)C2.CC(C)(C)c1cccc2c1NC(=O)C2.CC(C)(C)c1cccnc1.CC(C)(C)c1ccncc1.CC(C)(C)c1cn[nH]c1.CC(C)C.COc1ccccc1NC(C)(C)C.COc1ncccc1N.Cn1cc(C(C)(C)C)ccc1=O.Cn1cc(C(C)(C)C)cn1.Cn1ccc(C(C)(C)C)cc1=O. The normalized spacial score (nSPS) is 12.1. The van der Waals surface area contributed by atoms with Crippen LogP contribution in [0.2, 0.25) is 0 Å². The number of fused-ring (bicyclic) bond motifs is 2. The van der Waals surface area contributed by atoms with E-state index >= 15 is 0 Å². The van der Waals surface area contributed by atoms with E-state index in [9.17, 15) is 19.2 Å². The molecule has 1 amide bonds. The lowest BCUT2D eigenvalue weighted by atomic mass is 9.85. The zero-order valence-corrected chi connectivity index (χ0v) is 85.6. The average molecular weight is 1770 g/mol. The molecule has 19 nitrogen and oxygen atoms in total. The van der Waals surface area contributed by atoms with Gasteiger partial charge in [0, 0.05) is 124 Å². The molecule has 11 aromatic rings. The van der Waals surface area contributed by atoms with Gasteiger partial charge in [0.15, 0.2) is 0 Å². The van der Waals surface area contributed by atoms with Crippen molar-refractivity contribution in [1.82, 2.24) is 44.1 Å². The summed E-state index contributed by atoms with van der Waals surface area (Å²) in [4.78, 5) is 56.7. The number of rotatable bonds is 4. The Morgan fingerprint density at radius 1 is 0.419 bits per heavy atom. The maximum atomic E-state index is 11.3. The van der Waals surface area contributed by atoms with Crippen molar-refractivity contribution in [2.24, 2.45) is 27.1 Å². The molecule has 0 atom stereocenters. The number of aromatic amines is 1. The minimum absolute atomic E-state index is 0. The number of nitrogens with one attached hydrogen (secondary N) is 4. The molecule has 0 unspecified atom stereocenters. The maximum Gasteiger partial charge on any atom is 0.250 e. The number of carbonyl (C=O) groups is 2. The first-order valence-electron chi connectivity index (χ1n) is 44.5. The van der Waals surface area contributed by atoms with Gasteiger partial charge in [-0.25, -0.2) is 4.98 Å². The summed E-state index contributed by atoms with van der Waals surface area (Å²) in [6.07, 6.45) is 22.3. The quantitative estimate of drug-likeness (QED) is 0.110. The summed E-state index contributed by atoms with van der Waals surface area (Å²) in [6.45, 7) is 71.3. The van der Waals surface area contributed by atoms with Crippen molar-refractivity contribution < 1.29 is 19.1 Å². The van der Waals surface area contributed by atoms with Crippen molar-refractivity contribution >= 4 is 34.4 Å². The largest absolute Gasteiger partial charge is 0.495 e. The van der Waals surface area contributed by atoms with Crippen LogP contribution in [0.25, 0.3) is 0 Å². The number of benzene rings is 4. The Morgan fingerprint density at radius 2 is 0.938 bits per heavy atom. The number of amides is 1. The third kappa shape index (κ3) is 46.6. The molecule has 0 saturated carbocycles. The Kier molecular flexibility index (Phi) is 46.5. The number of nitrogens with zero attached hydrogens (tertiary/aromatic N) is 8. The molecule has 0 spiro atoms. The summed E-state index contributed by atoms with van der Waals surface area (Å²) in [7, 11) is 8.70. The Balaban J connectivity index is 0.000000708. The predicted molar refractivity (Wildman–Crippen MR) is 550 cm³/mol. The fourth-order valence-corrected chi connectivity index (χ4v) is 11.7. The van der Waals surface area contributed by atoms with E-state index in [2.05, 4.69) is 335 Å². The van der Waals surface area contributed by atoms with Crippen LogP contribution in [0.3, 0.4) is 0 Å². The van der Waals surface area contributed by atoms with E-state index in [1.165, 1.54) is 55.8 Å². The smallest absolute Gasteiger partial charge is 0.250 e. The van der Waals surface area contributed by atoms with Crippen molar-refractivity contribution in [3.05, 3.63) is 302 Å². The number of hydrogen-bond acceptors (Lipinski definition) is 14. The number of H-pyrrole nitrogens is 1. The second-order valence-electron chi connectivity index (χ2n) is 43.2. The van der Waals surface area contributed by atoms with Gasteiger partial charge in [-0.15, -0.1) is 0 Å². The van der Waals surface area contributed by atoms with Crippen LogP contribution in [-0.4, -0.2) is 81.1 Å². The Morgan fingerprint density at radius 3 is 1.36 bits per heavy atom. The lowest BCUT2D eigenvalue weighted by Gasteiger charge is -2.23. The molecule has 0 bridgehead atoms. The maximum absolute atomic E-state index is 11.3. The molecule has 0 radical (unpaired) electrons. The number of aromatic nitrogens is 9. The van der Waals surface area contributed by atoms with Crippen molar-refractivity contribution in [1.29, 1.82) is 0 Å². The van der Waals surface area contributed by atoms with E-state index in [0.717, 1.165) is 34.2 Å². The molecular formula is C110H167N13O6. The van der Waals surface area contributed by atoms with E-state index < -0.39 is 0 Å². The van der Waals surface area contributed by atoms with Gasteiger partial charge in [0.25, 0.3) is 5.56 Å². The molecule has 4 aromatic carbocycles. The fraction of sp³-hybridized carbons (Fsp3) is 0.482. The molecule has 1 aliphatic heterocycles. The van der Waals surface area contributed by atoms with E-state index in [-0.39, 0.29) is 78.9 Å². The van der Waals surface area contributed by atoms with Gasteiger partial charge in [-0.3, -0.25) is 38.9 Å². The third-order valence-electron chi connectivity index (χ3n) is 19.3. The summed E-state index contributed by atoms with van der Waals surface area (Å²) in [5.41, 5.74) is 24.5. The monoisotopic (exact) mass is 1770 g/mol. The Hall–Kier alpha value is -11.2. The number of pyridine rings is 5. The number of nitrogen functional groups attached to an aromatic ring is 1. The van der Waals surface area contributed by atoms with Gasteiger partial charge in [-0.05, 0) is 213 Å². The second-order valence-corrected chi connectivity index (χ2v) is 43.2. The second kappa shape index (κ2) is 51.8. The molecule has 1 aliphatic carbocycles. The Labute approximate surface area is 779 Å². The molecule has 13 rings (SSSR count). The summed E-state index contributed by atoms with van der Waals surface area (Å²) >= 11 is 0. The van der Waals surface area contributed by atoms with Crippen LogP contribution in [-0.2, 0) is 93.3 Å². The van der Waals surface area contributed by atoms with Gasteiger partial charge >= 0.3 is 0 Å². The standard InChI is InChI=1S/C13H16O.C12H15NO.C11H17NO.2C10H15NO.C10H15N.2C9H13N.C8H14N2.C7H12N2.C6H8N2O.C4H10.CH4/c1-13(2,3)11-5-4-9-7-12(14)8-10(9)6-11;1-12(2,3)9-6-4-5-8-7-10(14)13-11(8)9;1-11(2,3)12-9-7-5-6-8-10(9)13-4;1-10(2,3)8-5-6-11(4)9(12)7-8;1-10(2,3)8-5-6-9(12)11(4)7-8;1-10(2,3)11-9-7-5-4-6-8-9;1-9(2,3)8-4-6-10-7-5-8;1-9(2,3)8-5-4-6-10-7-8;1-8(2,3)7-5-9-10(4)6-7;1-7(2,3)6-4-8-9-5-6;1-9-6-5(7)3-2-4-8-6;1-4(2)3;/h4-6H,7-8H2,1-3H3;4-6H,7H2,1-3H3,(H,13,14);5-8,12H,1-4H3;2*5-7H,1-4H3;4-8,11H,1-3H3;2*4-7H,1-3H3;5-6H,1-4H3;4-5H,1-3H3,(H,8,9);2-4H,7H2,1H3;4H,1-3H3;1H4. The molecule has 19 heteroatoms. The van der Waals surface area contributed by atoms with Crippen LogP contribution in [0.15, 0.2) is 229 Å². The van der Waals surface area contributed by atoms with E-state index in [1.54, 1.807) is 74.1 Å². The molecule has 708 valence electrons. The van der Waals surface area contributed by atoms with Crippen LogP contribution >= 0.6 is 0 Å². The molecular weight excluding hydrogens is 1600 g/mol. The number of anilines is 4. The number of hydrogen-bond donors (Lipinski definition) is 5. The minimum Gasteiger partial charge on any atom is -0.495 e. The summed E-state index contributed by atoms with van der Waals surface area (Å²) in [5.74, 6) is 2.66. The minimum atomic E-state index is 0. The zero-order valence-electron chi connectivity index (χ0n) is 85.6. The van der Waals surface area contributed by atoms with Gasteiger partial charge in [0.1, 0.15) is 11.5 Å². The molecule has 7 aromatic heterocycles. The highest BCUT2D eigenvalue weighted by Crippen LogP contribution is 2.36. The molecule has 6 N–H and O–H groups in total. The molecule has 8 heterocycles. The predicted octanol–water partition coefficient (Wildman–Crippen LogP) is 25.5. The molecule has 2 aliphatic rings. The van der Waals surface area contributed by atoms with Crippen LogP contribution in [0.1, 0.15) is 297 Å². The van der Waals surface area contributed by atoms with Gasteiger partial charge in [-0.1, -0.05) is 273 Å². The fourth-order valence-electron chi connectivity index (χ4n) is 11.7. The van der Waals surface area contributed by atoms with E-state index in [4.69, 9.17) is 15.2 Å². The molecule has 129 heavy (non-hydrogen) atoms. The first kappa shape index (κ1) is 116. The summed E-state index contributed by atoms with van der Waals surface area (Å²) in [5, 5.41) is 20.4. The van der Waals surface area contributed by atoms with Crippen LogP contribution in [0.4, 0.5) is 22.7 Å². The highest BCUT2D eigenvalue weighted by molar-refractivity contribution is 6.00. The number of Topliss-reactive ketones (excluding diaryl/α,β-unsaturated/α-hetero) is 1. The first-order valence-corrected chi connectivity index (χ1v) is 44.5. The number of methoxy groups -OCH3 is 2. The zero-order chi connectivity index (χ0) is 97.8. The number of carbonyl (C=O) groups excluding carboxylic acids is 2. The van der Waals surface area contributed by atoms with E-state index in [0.29, 0.717) is 36.6 Å². The topological polar surface area (TPSA) is 244 Å². The molecule has 0 fully saturated rings. The van der Waals surface area contributed by atoms with Crippen molar-refractivity contribution in [3.8, 4) is 11.6 Å². The number of ether oxygens (including phenoxy) is 2. The van der Waals surface area contributed by atoms with Crippen LogP contribution < -0.4 is 42.3 Å². The van der Waals surface area contributed by atoms with Crippen molar-refractivity contribution in [3.63, 3.8) is 0 Å². The van der Waals surface area contributed by atoms with Gasteiger partial charge < -0.3 is 40.3 Å². The highest BCUT2D eigenvalue weighted by atomic mass is 16.5. The van der Waals surface area contributed by atoms with Gasteiger partial charge in [0.2, 0.25) is 17.3 Å².